The summed E-state index contributed by atoms with van der Waals surface area (Å²) in [6.07, 6.45) is 0.277. The van der Waals surface area contributed by atoms with Gasteiger partial charge in [0.1, 0.15) is 5.60 Å². The van der Waals surface area contributed by atoms with E-state index in [2.05, 4.69) is 10.6 Å². The van der Waals surface area contributed by atoms with Crippen LogP contribution in [0, 0.1) is 5.92 Å². The summed E-state index contributed by atoms with van der Waals surface area (Å²) < 4.78 is 5.20. The van der Waals surface area contributed by atoms with E-state index in [1.54, 1.807) is 81.1 Å². The lowest BCUT2D eigenvalue weighted by atomic mass is 9.97. The van der Waals surface area contributed by atoms with E-state index in [1.165, 1.54) is 6.92 Å². The number of hydrogen-bond acceptors (Lipinski definition) is 6. The second-order valence-electron chi connectivity index (χ2n) is 10.5. The van der Waals surface area contributed by atoms with Gasteiger partial charge in [0, 0.05) is 24.1 Å². The van der Waals surface area contributed by atoms with Crippen LogP contribution in [0.4, 0.5) is 16.2 Å². The van der Waals surface area contributed by atoms with Crippen molar-refractivity contribution in [2.24, 2.45) is 5.92 Å². The molecule has 0 aromatic heterocycles. The molecule has 3 rings (SSSR count). The highest BCUT2D eigenvalue weighted by Gasteiger charge is 2.32. The fourth-order valence-corrected chi connectivity index (χ4v) is 4.17. The van der Waals surface area contributed by atoms with Crippen LogP contribution >= 0.6 is 0 Å². The van der Waals surface area contributed by atoms with Crippen LogP contribution in [0.5, 0.6) is 0 Å². The van der Waals surface area contributed by atoms with Crippen LogP contribution < -0.4 is 15.5 Å². The van der Waals surface area contributed by atoms with Crippen LogP contribution in [0.25, 0.3) is 0 Å². The van der Waals surface area contributed by atoms with Gasteiger partial charge in [0.2, 0.25) is 5.91 Å². The van der Waals surface area contributed by atoms with Gasteiger partial charge in [-0.15, -0.1) is 0 Å². The molecule has 0 fully saturated rings. The zero-order chi connectivity index (χ0) is 28.0. The molecule has 1 aliphatic rings. The summed E-state index contributed by atoms with van der Waals surface area (Å²) in [5.74, 6) is -1.34. The van der Waals surface area contributed by atoms with Crippen LogP contribution in [0.2, 0.25) is 0 Å². The lowest BCUT2D eigenvalue weighted by Gasteiger charge is -2.25. The number of hydrogen-bond donors (Lipinski definition) is 2. The van der Waals surface area contributed by atoms with Crippen molar-refractivity contribution in [3.8, 4) is 0 Å². The number of Topliss-reactive ketones (excluding diaryl/α,β-unsaturated/α-hetero) is 2. The lowest BCUT2D eigenvalue weighted by Crippen LogP contribution is -2.41. The molecule has 0 spiro atoms. The summed E-state index contributed by atoms with van der Waals surface area (Å²) in [5.41, 5.74) is 1.34. The fourth-order valence-electron chi connectivity index (χ4n) is 4.17. The summed E-state index contributed by atoms with van der Waals surface area (Å²) in [6.45, 7) is 8.41. The van der Waals surface area contributed by atoms with Gasteiger partial charge in [0.25, 0.3) is 5.91 Å². The number of carbonyl (C=O) groups is 5. The maximum Gasteiger partial charge on any atom is 0.408 e. The Labute approximate surface area is 222 Å². The van der Waals surface area contributed by atoms with Gasteiger partial charge in [-0.25, -0.2) is 4.79 Å². The fraction of sp³-hybridized carbons (Fsp3) is 0.414. The van der Waals surface area contributed by atoms with Crippen molar-refractivity contribution in [3.05, 3.63) is 59.7 Å². The van der Waals surface area contributed by atoms with E-state index in [-0.39, 0.29) is 36.3 Å². The first-order chi connectivity index (χ1) is 17.9. The molecule has 2 atom stereocenters. The van der Waals surface area contributed by atoms with Gasteiger partial charge < -0.3 is 20.3 Å². The number of anilines is 2. The van der Waals surface area contributed by atoms with Crippen LogP contribution in [-0.2, 0) is 14.3 Å². The Morgan fingerprint density at radius 3 is 2.32 bits per heavy atom. The summed E-state index contributed by atoms with van der Waals surface area (Å²) in [6, 6.07) is 12.8. The first-order valence-electron chi connectivity index (χ1n) is 12.7. The number of benzene rings is 2. The van der Waals surface area contributed by atoms with E-state index in [9.17, 15) is 24.0 Å². The quantitative estimate of drug-likeness (QED) is 0.483. The molecule has 0 saturated heterocycles. The summed E-state index contributed by atoms with van der Waals surface area (Å²) in [4.78, 5) is 64.3. The molecule has 38 heavy (non-hydrogen) atoms. The average molecular weight is 522 g/mol. The monoisotopic (exact) mass is 521 g/mol. The van der Waals surface area contributed by atoms with Gasteiger partial charge in [0.15, 0.2) is 11.6 Å². The van der Waals surface area contributed by atoms with Crippen molar-refractivity contribution < 1.29 is 28.7 Å². The molecule has 3 amide bonds. The van der Waals surface area contributed by atoms with Crippen molar-refractivity contribution >= 4 is 40.8 Å². The van der Waals surface area contributed by atoms with Gasteiger partial charge in [-0.2, -0.15) is 0 Å². The Morgan fingerprint density at radius 1 is 1.05 bits per heavy atom. The molecule has 2 aromatic rings. The highest BCUT2D eigenvalue weighted by Crippen LogP contribution is 2.32. The normalized spacial score (nSPS) is 16.0. The van der Waals surface area contributed by atoms with E-state index >= 15 is 0 Å². The Kier molecular flexibility index (Phi) is 9.04. The minimum Gasteiger partial charge on any atom is -0.444 e. The molecule has 0 radical (unpaired) electrons. The van der Waals surface area contributed by atoms with E-state index < -0.39 is 23.7 Å². The number of carbonyl (C=O) groups excluding carboxylic acids is 5. The maximum absolute atomic E-state index is 13.5. The minimum atomic E-state index is -0.729. The number of ketones is 2. The predicted octanol–water partition coefficient (Wildman–Crippen LogP) is 4.76. The average Bonchev–Trinajstić information content (AvgIpc) is 2.98. The molecule has 9 nitrogen and oxygen atoms in total. The number of nitrogens with one attached hydrogen (secondary N) is 2. The Hall–Kier alpha value is -4.01. The third kappa shape index (κ3) is 7.50. The summed E-state index contributed by atoms with van der Waals surface area (Å²) in [7, 11) is 0. The molecule has 1 heterocycles. The largest absolute Gasteiger partial charge is 0.444 e. The highest BCUT2D eigenvalue weighted by atomic mass is 16.6. The number of alkyl carbamates (subject to hydrolysis) is 1. The summed E-state index contributed by atoms with van der Waals surface area (Å²) in [5, 5.41) is 5.45. The zero-order valence-corrected chi connectivity index (χ0v) is 22.5. The Morgan fingerprint density at radius 2 is 1.68 bits per heavy atom. The maximum atomic E-state index is 13.5. The number of rotatable bonds is 8. The molecular weight excluding hydrogens is 486 g/mol. The molecule has 1 aliphatic heterocycles. The Balaban J connectivity index is 1.68. The molecule has 0 bridgehead atoms. The molecule has 2 N–H and O–H groups in total. The smallest absolute Gasteiger partial charge is 0.408 e. The second-order valence-corrected chi connectivity index (χ2v) is 10.5. The van der Waals surface area contributed by atoms with Crippen LogP contribution in [0.3, 0.4) is 0 Å². The number of para-hydroxylation sites is 2. The van der Waals surface area contributed by atoms with Gasteiger partial charge in [-0.1, -0.05) is 24.3 Å². The second kappa shape index (κ2) is 12.0. The molecule has 0 aliphatic carbocycles. The lowest BCUT2D eigenvalue weighted by molar-refractivity contribution is -0.122. The third-order valence-corrected chi connectivity index (χ3v) is 6.20. The first kappa shape index (κ1) is 28.6. The van der Waals surface area contributed by atoms with E-state index in [1.807, 2.05) is 0 Å². The molecule has 202 valence electrons. The minimum absolute atomic E-state index is 0.0934. The molecular formula is C29H35N3O6. The van der Waals surface area contributed by atoms with Gasteiger partial charge in [0.05, 0.1) is 23.3 Å². The molecule has 2 aromatic carbocycles. The van der Waals surface area contributed by atoms with E-state index in [0.29, 0.717) is 35.3 Å². The van der Waals surface area contributed by atoms with E-state index in [0.717, 1.165) is 0 Å². The highest BCUT2D eigenvalue weighted by molar-refractivity contribution is 6.11. The molecule has 2 unspecified atom stereocenters. The number of amides is 3. The van der Waals surface area contributed by atoms with Gasteiger partial charge >= 0.3 is 6.09 Å². The number of fused-ring (bicyclic) bond motifs is 1. The van der Waals surface area contributed by atoms with Gasteiger partial charge in [-0.05, 0) is 71.7 Å². The van der Waals surface area contributed by atoms with Crippen molar-refractivity contribution in [2.75, 3.05) is 16.8 Å². The topological polar surface area (TPSA) is 122 Å². The van der Waals surface area contributed by atoms with Crippen molar-refractivity contribution in [2.45, 2.75) is 65.5 Å². The van der Waals surface area contributed by atoms with Gasteiger partial charge in [-0.3, -0.25) is 19.2 Å². The van der Waals surface area contributed by atoms with Crippen LogP contribution in [0.15, 0.2) is 48.5 Å². The predicted molar refractivity (Wildman–Crippen MR) is 144 cm³/mol. The van der Waals surface area contributed by atoms with E-state index in [4.69, 9.17) is 4.74 Å². The van der Waals surface area contributed by atoms with Crippen molar-refractivity contribution in [1.82, 2.24) is 5.32 Å². The number of ether oxygens (including phenoxy) is 1. The SMILES string of the molecule is CC(=O)c1ccc(C(=O)N2CC(CCCC(=O)C(C)NC(=O)OC(C)(C)C)C(=O)Nc3ccccc32)cc1. The molecule has 9 heteroatoms. The Bertz CT molecular complexity index is 1220. The molecule has 0 saturated carbocycles. The first-order valence-corrected chi connectivity index (χ1v) is 12.7. The van der Waals surface area contributed by atoms with Crippen molar-refractivity contribution in [3.63, 3.8) is 0 Å². The standard InChI is InChI=1S/C29H35N3O6/c1-18(30-28(37)38-29(3,4)5)25(34)12-8-9-22-17-32(24-11-7-6-10-23(24)31-26(22)35)27(36)21-15-13-20(14-16-21)19(2)33/h6-7,10-11,13-16,18,22H,8-9,12,17H2,1-5H3,(H,30,37)(H,31,35). The van der Waals surface area contributed by atoms with Crippen LogP contribution in [0.1, 0.15) is 74.6 Å². The zero-order valence-electron chi connectivity index (χ0n) is 22.5. The number of nitrogens with zero attached hydrogens (tertiary/aromatic N) is 1. The summed E-state index contributed by atoms with van der Waals surface area (Å²) >= 11 is 0. The third-order valence-electron chi connectivity index (χ3n) is 6.20. The van der Waals surface area contributed by atoms with Crippen molar-refractivity contribution in [1.29, 1.82) is 0 Å². The van der Waals surface area contributed by atoms with Crippen LogP contribution in [-0.4, -0.2) is 47.7 Å².